The molecule has 0 radical (unpaired) electrons. The van der Waals surface area contributed by atoms with Crippen molar-refractivity contribution >= 4 is 33.0 Å². The fourth-order valence-corrected chi connectivity index (χ4v) is 2.08. The molecule has 70 valence electrons. The average molecular weight is 261 g/mol. The number of ether oxygens (including phenoxy) is 1. The Balaban J connectivity index is 2.58. The molecule has 0 atom stereocenters. The van der Waals surface area contributed by atoms with E-state index in [1.54, 1.807) is 6.07 Å². The fraction of sp³-hybridized carbons (Fsp3) is 0.222. The maximum atomic E-state index is 11.4. The first-order valence-corrected chi connectivity index (χ1v) is 5.48. The molecule has 2 nitrogen and oxygen atoms in total. The number of halogens is 1. The van der Waals surface area contributed by atoms with Gasteiger partial charge in [-0.3, -0.25) is 4.79 Å². The molecule has 0 aliphatic heterocycles. The quantitative estimate of drug-likeness (QED) is 0.472. The third kappa shape index (κ3) is 3.32. The first-order valence-electron chi connectivity index (χ1n) is 3.80. The molecule has 0 amide bonds. The van der Waals surface area contributed by atoms with E-state index in [0.29, 0.717) is 11.5 Å². The molecule has 0 saturated heterocycles. The van der Waals surface area contributed by atoms with Crippen molar-refractivity contribution < 1.29 is 9.53 Å². The molecule has 1 heterocycles. The summed E-state index contributed by atoms with van der Waals surface area (Å²) in [5.74, 6) is -0.0239. The zero-order chi connectivity index (χ0) is 9.68. The largest absolute Gasteiger partial charge is 0.501 e. The highest BCUT2D eigenvalue weighted by Gasteiger charge is 2.04. The number of allylic oxidation sites excluding steroid dienone is 1. The van der Waals surface area contributed by atoms with Crippen molar-refractivity contribution in [2.75, 3.05) is 6.61 Å². The standard InChI is InChI=1S/C9H9BrO2S/c1-2-12-4-3-8(11)9-5-7(10)6-13-9/h3-6H,2H2,1H3/b4-3+. The smallest absolute Gasteiger partial charge is 0.198 e. The minimum atomic E-state index is -0.0239. The van der Waals surface area contributed by atoms with Crippen LogP contribution < -0.4 is 0 Å². The van der Waals surface area contributed by atoms with E-state index in [-0.39, 0.29) is 5.78 Å². The summed E-state index contributed by atoms with van der Waals surface area (Å²) in [6.45, 7) is 2.45. The number of ketones is 1. The molecule has 0 unspecified atom stereocenters. The van der Waals surface area contributed by atoms with Gasteiger partial charge in [-0.05, 0) is 28.9 Å². The summed E-state index contributed by atoms with van der Waals surface area (Å²) in [7, 11) is 0. The van der Waals surface area contributed by atoms with E-state index in [1.165, 1.54) is 23.7 Å². The van der Waals surface area contributed by atoms with Crippen LogP contribution >= 0.6 is 27.3 Å². The van der Waals surface area contributed by atoms with E-state index in [9.17, 15) is 4.79 Å². The van der Waals surface area contributed by atoms with Crippen LogP contribution in [0.5, 0.6) is 0 Å². The zero-order valence-corrected chi connectivity index (χ0v) is 9.52. The molecule has 4 heteroatoms. The minimum Gasteiger partial charge on any atom is -0.501 e. The second-order valence-corrected chi connectivity index (χ2v) is 4.08. The van der Waals surface area contributed by atoms with Gasteiger partial charge in [0, 0.05) is 15.9 Å². The molecule has 13 heavy (non-hydrogen) atoms. The van der Waals surface area contributed by atoms with E-state index in [2.05, 4.69) is 15.9 Å². The summed E-state index contributed by atoms with van der Waals surface area (Å²) >= 11 is 4.70. The molecular weight excluding hydrogens is 252 g/mol. The number of hydrogen-bond acceptors (Lipinski definition) is 3. The third-order valence-electron chi connectivity index (χ3n) is 1.29. The van der Waals surface area contributed by atoms with Gasteiger partial charge < -0.3 is 4.74 Å². The Morgan fingerprint density at radius 1 is 1.77 bits per heavy atom. The van der Waals surface area contributed by atoms with Crippen LogP contribution in [0.4, 0.5) is 0 Å². The van der Waals surface area contributed by atoms with Crippen molar-refractivity contribution in [2.45, 2.75) is 6.92 Å². The Labute approximate surface area is 89.3 Å². The van der Waals surface area contributed by atoms with Crippen molar-refractivity contribution in [2.24, 2.45) is 0 Å². The van der Waals surface area contributed by atoms with E-state index >= 15 is 0 Å². The average Bonchev–Trinajstić information content (AvgIpc) is 2.52. The molecule has 0 aliphatic carbocycles. The highest BCUT2D eigenvalue weighted by molar-refractivity contribution is 9.10. The topological polar surface area (TPSA) is 26.3 Å². The zero-order valence-electron chi connectivity index (χ0n) is 7.12. The Morgan fingerprint density at radius 2 is 2.54 bits per heavy atom. The second kappa shape index (κ2) is 5.19. The van der Waals surface area contributed by atoms with Gasteiger partial charge in [-0.15, -0.1) is 11.3 Å². The van der Waals surface area contributed by atoms with Crippen LogP contribution in [0.3, 0.4) is 0 Å². The van der Waals surface area contributed by atoms with Crippen LogP contribution in [-0.4, -0.2) is 12.4 Å². The Kier molecular flexibility index (Phi) is 4.18. The SMILES string of the molecule is CCO/C=C/C(=O)c1cc(Br)cs1. The molecule has 0 saturated carbocycles. The van der Waals surface area contributed by atoms with Gasteiger partial charge in [-0.2, -0.15) is 0 Å². The van der Waals surface area contributed by atoms with E-state index in [0.717, 1.165) is 4.47 Å². The van der Waals surface area contributed by atoms with Gasteiger partial charge in [0.2, 0.25) is 0 Å². The first kappa shape index (κ1) is 10.5. The molecule has 0 bridgehead atoms. The predicted molar refractivity (Wildman–Crippen MR) is 57.1 cm³/mol. The van der Waals surface area contributed by atoms with E-state index in [4.69, 9.17) is 4.74 Å². The van der Waals surface area contributed by atoms with Crippen molar-refractivity contribution in [3.63, 3.8) is 0 Å². The van der Waals surface area contributed by atoms with Crippen molar-refractivity contribution in [3.05, 3.63) is 33.1 Å². The summed E-state index contributed by atoms with van der Waals surface area (Å²) in [6.07, 6.45) is 2.86. The molecular formula is C9H9BrO2S. The molecule has 0 spiro atoms. The van der Waals surface area contributed by atoms with E-state index in [1.807, 2.05) is 12.3 Å². The molecule has 1 aromatic heterocycles. The van der Waals surface area contributed by atoms with Gasteiger partial charge in [-0.1, -0.05) is 0 Å². The van der Waals surface area contributed by atoms with Crippen LogP contribution in [0.2, 0.25) is 0 Å². The summed E-state index contributed by atoms with van der Waals surface area (Å²) in [5.41, 5.74) is 0. The lowest BCUT2D eigenvalue weighted by atomic mass is 10.3. The highest BCUT2D eigenvalue weighted by atomic mass is 79.9. The molecule has 1 aromatic rings. The van der Waals surface area contributed by atoms with Crippen LogP contribution in [0.15, 0.2) is 28.3 Å². The Bertz CT molecular complexity index is 317. The highest BCUT2D eigenvalue weighted by Crippen LogP contribution is 2.20. The van der Waals surface area contributed by atoms with Gasteiger partial charge in [0.1, 0.15) is 0 Å². The second-order valence-electron chi connectivity index (χ2n) is 2.25. The van der Waals surface area contributed by atoms with Gasteiger partial charge in [0.05, 0.1) is 17.7 Å². The van der Waals surface area contributed by atoms with Crippen molar-refractivity contribution in [1.82, 2.24) is 0 Å². The maximum Gasteiger partial charge on any atom is 0.198 e. The maximum absolute atomic E-state index is 11.4. The van der Waals surface area contributed by atoms with E-state index < -0.39 is 0 Å². The lowest BCUT2D eigenvalue weighted by Crippen LogP contribution is -1.89. The van der Waals surface area contributed by atoms with Crippen LogP contribution in [0.1, 0.15) is 16.6 Å². The molecule has 0 aromatic carbocycles. The lowest BCUT2D eigenvalue weighted by Gasteiger charge is -1.91. The van der Waals surface area contributed by atoms with Gasteiger partial charge in [-0.25, -0.2) is 0 Å². The summed E-state index contributed by atoms with van der Waals surface area (Å²) in [4.78, 5) is 12.1. The number of hydrogen-bond donors (Lipinski definition) is 0. The first-order chi connectivity index (χ1) is 6.24. The third-order valence-corrected chi connectivity index (χ3v) is 3.00. The fourth-order valence-electron chi connectivity index (χ4n) is 0.731. The Morgan fingerprint density at radius 3 is 3.08 bits per heavy atom. The minimum absolute atomic E-state index is 0.0239. The predicted octanol–water partition coefficient (Wildman–Crippen LogP) is 3.24. The number of carbonyl (C=O) groups excluding carboxylic acids is 1. The number of thiophene rings is 1. The van der Waals surface area contributed by atoms with Gasteiger partial charge in [0.25, 0.3) is 0 Å². The van der Waals surface area contributed by atoms with Crippen molar-refractivity contribution in [3.8, 4) is 0 Å². The normalized spacial score (nSPS) is 10.6. The van der Waals surface area contributed by atoms with Crippen LogP contribution in [0.25, 0.3) is 0 Å². The molecule has 0 N–H and O–H groups in total. The van der Waals surface area contributed by atoms with Crippen LogP contribution in [-0.2, 0) is 4.74 Å². The molecule has 1 rings (SSSR count). The summed E-state index contributed by atoms with van der Waals surface area (Å²) in [5, 5.41) is 1.88. The summed E-state index contributed by atoms with van der Waals surface area (Å²) in [6, 6.07) is 1.79. The number of carbonyl (C=O) groups is 1. The summed E-state index contributed by atoms with van der Waals surface area (Å²) < 4.78 is 5.86. The number of rotatable bonds is 4. The lowest BCUT2D eigenvalue weighted by molar-refractivity contribution is 0.104. The van der Waals surface area contributed by atoms with Crippen molar-refractivity contribution in [1.29, 1.82) is 0 Å². The Hall–Kier alpha value is -0.610. The molecule has 0 aliphatic rings. The van der Waals surface area contributed by atoms with Gasteiger partial charge >= 0.3 is 0 Å². The molecule has 0 fully saturated rings. The van der Waals surface area contributed by atoms with Crippen LogP contribution in [0, 0.1) is 0 Å². The monoisotopic (exact) mass is 260 g/mol. The van der Waals surface area contributed by atoms with Gasteiger partial charge in [0.15, 0.2) is 5.78 Å².